The Hall–Kier alpha value is -1.50. The van der Waals surface area contributed by atoms with Gasteiger partial charge in [0.15, 0.2) is 0 Å². The molecule has 0 atom stereocenters. The van der Waals surface area contributed by atoms with Gasteiger partial charge >= 0.3 is 0 Å². The number of rotatable bonds is 1. The summed E-state index contributed by atoms with van der Waals surface area (Å²) in [7, 11) is 1.74. The van der Waals surface area contributed by atoms with Gasteiger partial charge in [0.25, 0.3) is 0 Å². The van der Waals surface area contributed by atoms with Crippen LogP contribution in [0.4, 0.5) is 0 Å². The van der Waals surface area contributed by atoms with Crippen LogP contribution in [0.1, 0.15) is 16.7 Å². The lowest BCUT2D eigenvalue weighted by molar-refractivity contribution is 0.416. The van der Waals surface area contributed by atoms with Gasteiger partial charge < -0.3 is 4.74 Å². The molecule has 0 bridgehead atoms. The van der Waals surface area contributed by atoms with Crippen molar-refractivity contribution in [2.24, 2.45) is 0 Å². The van der Waals surface area contributed by atoms with Gasteiger partial charge in [-0.05, 0) is 42.8 Å². The van der Waals surface area contributed by atoms with Crippen molar-refractivity contribution < 1.29 is 4.74 Å². The zero-order chi connectivity index (χ0) is 11.0. The fourth-order valence-corrected chi connectivity index (χ4v) is 2.13. The minimum Gasteiger partial charge on any atom is -0.496 e. The summed E-state index contributed by atoms with van der Waals surface area (Å²) in [5, 5.41) is 2.50. The van der Waals surface area contributed by atoms with Crippen LogP contribution in [0.15, 0.2) is 24.3 Å². The fourth-order valence-electron chi connectivity index (χ4n) is 2.13. The second kappa shape index (κ2) is 3.58. The number of hydrogen-bond donors (Lipinski definition) is 0. The van der Waals surface area contributed by atoms with Crippen molar-refractivity contribution in [1.82, 2.24) is 0 Å². The van der Waals surface area contributed by atoms with Gasteiger partial charge in [0.1, 0.15) is 5.75 Å². The van der Waals surface area contributed by atoms with Crippen LogP contribution in [-0.4, -0.2) is 7.11 Å². The van der Waals surface area contributed by atoms with E-state index in [0.29, 0.717) is 0 Å². The van der Waals surface area contributed by atoms with Crippen LogP contribution >= 0.6 is 0 Å². The smallest absolute Gasteiger partial charge is 0.129 e. The Bertz CT molecular complexity index is 512. The van der Waals surface area contributed by atoms with Gasteiger partial charge in [0.2, 0.25) is 0 Å². The van der Waals surface area contributed by atoms with Crippen molar-refractivity contribution in [1.29, 1.82) is 0 Å². The average molecular weight is 200 g/mol. The largest absolute Gasteiger partial charge is 0.496 e. The third-order valence-corrected chi connectivity index (χ3v) is 3.25. The van der Waals surface area contributed by atoms with Crippen molar-refractivity contribution >= 4 is 10.8 Å². The van der Waals surface area contributed by atoms with Crippen molar-refractivity contribution in [2.75, 3.05) is 7.11 Å². The van der Waals surface area contributed by atoms with Crippen LogP contribution in [0.5, 0.6) is 5.75 Å². The third-order valence-electron chi connectivity index (χ3n) is 3.25. The predicted octanol–water partition coefficient (Wildman–Crippen LogP) is 3.77. The SMILES string of the molecule is COc1c(C)c(C)c(C)c2ccccc12. The minimum atomic E-state index is 1.01. The van der Waals surface area contributed by atoms with Crippen LogP contribution in [0, 0.1) is 20.8 Å². The number of methoxy groups -OCH3 is 1. The summed E-state index contributed by atoms with van der Waals surface area (Å²) < 4.78 is 5.49. The van der Waals surface area contributed by atoms with Crippen LogP contribution < -0.4 is 4.74 Å². The molecule has 0 N–H and O–H groups in total. The molecule has 0 aliphatic carbocycles. The van der Waals surface area contributed by atoms with E-state index in [1.807, 2.05) is 0 Å². The predicted molar refractivity (Wildman–Crippen MR) is 64.7 cm³/mol. The maximum absolute atomic E-state index is 5.49. The Balaban J connectivity index is 2.98. The summed E-state index contributed by atoms with van der Waals surface area (Å²) in [5.74, 6) is 1.01. The first-order chi connectivity index (χ1) is 7.16. The molecule has 0 radical (unpaired) electrons. The third kappa shape index (κ3) is 1.39. The highest BCUT2D eigenvalue weighted by Crippen LogP contribution is 2.34. The Labute approximate surface area is 90.7 Å². The Kier molecular flexibility index (Phi) is 2.39. The molecule has 0 fully saturated rings. The summed E-state index contributed by atoms with van der Waals surface area (Å²) >= 11 is 0. The van der Waals surface area contributed by atoms with Crippen molar-refractivity contribution in [3.8, 4) is 5.75 Å². The zero-order valence-electron chi connectivity index (χ0n) is 9.72. The highest BCUT2D eigenvalue weighted by atomic mass is 16.5. The molecule has 0 spiro atoms. The normalized spacial score (nSPS) is 10.7. The van der Waals surface area contributed by atoms with E-state index in [1.165, 1.54) is 27.5 Å². The second-order valence-electron chi connectivity index (χ2n) is 3.95. The quantitative estimate of drug-likeness (QED) is 0.680. The Morgan fingerprint density at radius 1 is 0.800 bits per heavy atom. The van der Waals surface area contributed by atoms with Crippen LogP contribution in [0.3, 0.4) is 0 Å². The van der Waals surface area contributed by atoms with Crippen molar-refractivity contribution in [2.45, 2.75) is 20.8 Å². The van der Waals surface area contributed by atoms with E-state index in [-0.39, 0.29) is 0 Å². The second-order valence-corrected chi connectivity index (χ2v) is 3.95. The van der Waals surface area contributed by atoms with Gasteiger partial charge in [0, 0.05) is 5.39 Å². The molecule has 0 aliphatic rings. The number of ether oxygens (including phenoxy) is 1. The Morgan fingerprint density at radius 3 is 2.00 bits per heavy atom. The molecule has 0 saturated carbocycles. The lowest BCUT2D eigenvalue weighted by atomic mass is 9.95. The fraction of sp³-hybridized carbons (Fsp3) is 0.286. The molecule has 2 rings (SSSR count). The number of aryl methyl sites for hydroxylation is 1. The van der Waals surface area contributed by atoms with E-state index in [4.69, 9.17) is 4.74 Å². The first-order valence-corrected chi connectivity index (χ1v) is 5.19. The molecule has 78 valence electrons. The highest BCUT2D eigenvalue weighted by Gasteiger charge is 2.10. The molecular weight excluding hydrogens is 184 g/mol. The topological polar surface area (TPSA) is 9.23 Å². The van der Waals surface area contributed by atoms with Crippen LogP contribution in [0.2, 0.25) is 0 Å². The summed E-state index contributed by atoms with van der Waals surface area (Å²) in [6, 6.07) is 8.40. The summed E-state index contributed by atoms with van der Waals surface area (Å²) in [4.78, 5) is 0. The standard InChI is InChI=1S/C14H16O/c1-9-10(2)12-7-5-6-8-13(12)14(15-4)11(9)3/h5-8H,1-4H3. The average Bonchev–Trinajstić information content (AvgIpc) is 2.27. The lowest BCUT2D eigenvalue weighted by Crippen LogP contribution is -1.95. The molecule has 1 heteroatoms. The number of benzene rings is 2. The van der Waals surface area contributed by atoms with E-state index in [2.05, 4.69) is 45.0 Å². The monoisotopic (exact) mass is 200 g/mol. The van der Waals surface area contributed by atoms with Gasteiger partial charge in [0.05, 0.1) is 7.11 Å². The minimum absolute atomic E-state index is 1.01. The maximum atomic E-state index is 5.49. The van der Waals surface area contributed by atoms with Gasteiger partial charge in [-0.3, -0.25) is 0 Å². The van der Waals surface area contributed by atoms with E-state index in [9.17, 15) is 0 Å². The molecule has 15 heavy (non-hydrogen) atoms. The summed E-state index contributed by atoms with van der Waals surface area (Å²) in [5.41, 5.74) is 3.92. The van der Waals surface area contributed by atoms with Gasteiger partial charge in [-0.1, -0.05) is 24.3 Å². The molecular formula is C14H16O. The molecule has 2 aromatic carbocycles. The van der Waals surface area contributed by atoms with E-state index in [1.54, 1.807) is 7.11 Å². The van der Waals surface area contributed by atoms with E-state index >= 15 is 0 Å². The molecule has 0 heterocycles. The van der Waals surface area contributed by atoms with E-state index in [0.717, 1.165) is 5.75 Å². The molecule has 0 saturated heterocycles. The maximum Gasteiger partial charge on any atom is 0.129 e. The summed E-state index contributed by atoms with van der Waals surface area (Å²) in [6.07, 6.45) is 0. The highest BCUT2D eigenvalue weighted by molar-refractivity contribution is 5.93. The van der Waals surface area contributed by atoms with Gasteiger partial charge in [-0.25, -0.2) is 0 Å². The van der Waals surface area contributed by atoms with Crippen molar-refractivity contribution in [3.63, 3.8) is 0 Å². The molecule has 0 amide bonds. The number of fused-ring (bicyclic) bond motifs is 1. The van der Waals surface area contributed by atoms with E-state index < -0.39 is 0 Å². The Morgan fingerprint density at radius 2 is 1.40 bits per heavy atom. The van der Waals surface area contributed by atoms with Crippen LogP contribution in [0.25, 0.3) is 10.8 Å². The molecule has 1 nitrogen and oxygen atoms in total. The van der Waals surface area contributed by atoms with Gasteiger partial charge in [-0.15, -0.1) is 0 Å². The lowest BCUT2D eigenvalue weighted by Gasteiger charge is -2.15. The summed E-state index contributed by atoms with van der Waals surface area (Å²) in [6.45, 7) is 6.44. The van der Waals surface area contributed by atoms with Gasteiger partial charge in [-0.2, -0.15) is 0 Å². The van der Waals surface area contributed by atoms with Crippen molar-refractivity contribution in [3.05, 3.63) is 41.0 Å². The first-order valence-electron chi connectivity index (χ1n) is 5.19. The molecule has 0 unspecified atom stereocenters. The zero-order valence-corrected chi connectivity index (χ0v) is 9.72. The van der Waals surface area contributed by atoms with Crippen LogP contribution in [-0.2, 0) is 0 Å². The number of hydrogen-bond acceptors (Lipinski definition) is 1. The first kappa shape index (κ1) is 10.0. The molecule has 0 aliphatic heterocycles. The molecule has 2 aromatic rings. The molecule has 0 aromatic heterocycles.